The second-order valence-corrected chi connectivity index (χ2v) is 7.27. The molecule has 2 rings (SSSR count). The number of nitrogens with zero attached hydrogens (tertiary/aromatic N) is 5. The van der Waals surface area contributed by atoms with Crippen LogP contribution >= 0.6 is 0 Å². The Morgan fingerprint density at radius 1 is 0.972 bits per heavy atom. The Kier molecular flexibility index (Phi) is 10.8. The fraction of sp³-hybridized carbons (Fsp3) is 0.409. The number of azo groups is 1. The highest BCUT2D eigenvalue weighted by atomic mass is 19.1. The fourth-order valence-corrected chi connectivity index (χ4v) is 3.12. The lowest BCUT2D eigenvalue weighted by molar-refractivity contribution is -0.395. The quantitative estimate of drug-likeness (QED) is 0.164. The van der Waals surface area contributed by atoms with E-state index >= 15 is 0 Å². The molecule has 0 aliphatic rings. The van der Waals surface area contributed by atoms with E-state index in [4.69, 9.17) is 9.47 Å². The van der Waals surface area contributed by atoms with Crippen molar-refractivity contribution in [3.63, 3.8) is 0 Å². The third-order valence-electron chi connectivity index (χ3n) is 4.78. The maximum absolute atomic E-state index is 14.1. The predicted molar refractivity (Wildman–Crippen MR) is 130 cm³/mol. The molecule has 0 saturated heterocycles. The van der Waals surface area contributed by atoms with Crippen molar-refractivity contribution in [2.75, 3.05) is 49.7 Å². The van der Waals surface area contributed by atoms with Crippen LogP contribution in [0.25, 0.3) is 0 Å². The maximum Gasteiger partial charge on any atom is 0.311 e. The Labute approximate surface area is 206 Å². The fourth-order valence-electron chi connectivity index (χ4n) is 3.12. The van der Waals surface area contributed by atoms with Gasteiger partial charge in [0.25, 0.3) is 0 Å². The van der Waals surface area contributed by atoms with Gasteiger partial charge in [0.05, 0.1) is 34.8 Å². The van der Waals surface area contributed by atoms with E-state index in [0.717, 1.165) is 5.69 Å². The molecular formula is C22H27FN6O7. The van der Waals surface area contributed by atoms with E-state index in [1.54, 1.807) is 12.1 Å². The number of nitro benzene ring substituents is 2. The average molecular weight is 506 g/mol. The van der Waals surface area contributed by atoms with Gasteiger partial charge in [0.15, 0.2) is 5.69 Å². The summed E-state index contributed by atoms with van der Waals surface area (Å²) in [5, 5.41) is 32.6. The number of carbonyl (C=O) groups excluding carboxylic acids is 1. The van der Waals surface area contributed by atoms with Gasteiger partial charge in [-0.25, -0.2) is 0 Å². The monoisotopic (exact) mass is 506 g/mol. The highest BCUT2D eigenvalue weighted by molar-refractivity contribution is 5.93. The molecule has 0 aliphatic heterocycles. The summed E-state index contributed by atoms with van der Waals surface area (Å²) < 4.78 is 25.0. The number of hydrogen-bond acceptors (Lipinski definition) is 10. The van der Waals surface area contributed by atoms with E-state index in [-0.39, 0.29) is 11.4 Å². The highest BCUT2D eigenvalue weighted by Crippen LogP contribution is 2.36. The first-order chi connectivity index (χ1) is 17.2. The zero-order valence-corrected chi connectivity index (χ0v) is 20.1. The number of benzene rings is 2. The molecule has 0 saturated carbocycles. The number of amides is 1. The molecule has 1 amide bonds. The number of nitro groups is 2. The molecule has 0 aliphatic carbocycles. The summed E-state index contributed by atoms with van der Waals surface area (Å²) in [5.74, 6) is -1.69. The van der Waals surface area contributed by atoms with Gasteiger partial charge in [0, 0.05) is 45.0 Å². The third-order valence-corrected chi connectivity index (χ3v) is 4.78. The van der Waals surface area contributed by atoms with Crippen molar-refractivity contribution in [1.82, 2.24) is 0 Å². The molecular weight excluding hydrogens is 479 g/mol. The molecule has 2 aromatic carbocycles. The topological polar surface area (TPSA) is 162 Å². The largest absolute Gasteiger partial charge is 0.380 e. The summed E-state index contributed by atoms with van der Waals surface area (Å²) >= 11 is 0. The Bertz CT molecular complexity index is 1120. The van der Waals surface area contributed by atoms with Crippen LogP contribution in [0.15, 0.2) is 40.6 Å². The zero-order chi connectivity index (χ0) is 26.7. The average Bonchev–Trinajstić information content (AvgIpc) is 2.81. The number of rotatable bonds is 14. The Hall–Kier alpha value is -4.04. The minimum atomic E-state index is -1.30. The van der Waals surface area contributed by atoms with E-state index < -0.39 is 38.6 Å². The summed E-state index contributed by atoms with van der Waals surface area (Å²) in [4.78, 5) is 34.1. The number of halogens is 1. The van der Waals surface area contributed by atoms with E-state index in [9.17, 15) is 29.4 Å². The van der Waals surface area contributed by atoms with Crippen LogP contribution in [-0.2, 0) is 14.3 Å². The third kappa shape index (κ3) is 8.02. The smallest absolute Gasteiger partial charge is 0.311 e. The van der Waals surface area contributed by atoms with Gasteiger partial charge >= 0.3 is 11.4 Å². The Balaban J connectivity index is 2.45. The summed E-state index contributed by atoms with van der Waals surface area (Å²) in [5.41, 5.74) is -1.24. The normalized spacial score (nSPS) is 11.0. The number of anilines is 2. The van der Waals surface area contributed by atoms with Gasteiger partial charge in [-0.05, 0) is 32.0 Å². The first kappa shape index (κ1) is 28.2. The van der Waals surface area contributed by atoms with Crippen LogP contribution in [0.4, 0.5) is 38.5 Å². The summed E-state index contributed by atoms with van der Waals surface area (Å²) in [6.45, 7) is 8.23. The van der Waals surface area contributed by atoms with Crippen molar-refractivity contribution in [2.45, 2.75) is 20.8 Å². The van der Waals surface area contributed by atoms with E-state index in [1.165, 1.54) is 13.0 Å². The number of ether oxygens (including phenoxy) is 2. The molecule has 36 heavy (non-hydrogen) atoms. The van der Waals surface area contributed by atoms with Crippen molar-refractivity contribution >= 4 is 40.0 Å². The van der Waals surface area contributed by atoms with Crippen LogP contribution in [0.3, 0.4) is 0 Å². The molecule has 13 nitrogen and oxygen atoms in total. The van der Waals surface area contributed by atoms with Gasteiger partial charge in [0.2, 0.25) is 11.7 Å². The molecule has 14 heteroatoms. The second kappa shape index (κ2) is 13.7. The molecule has 0 atom stereocenters. The standard InChI is InChI=1S/C22H27FN6O7/c1-4-35-10-8-27(9-11-36-5-2)16-6-7-18(19(12-16)24-15(3)30)25-26-20-13-17(23)21(28(31)32)14-22(20)29(33)34/h6-7,12-14H,4-5,8-11H2,1-3H3,(H,24,30). The van der Waals surface area contributed by atoms with Gasteiger partial charge in [0.1, 0.15) is 5.69 Å². The lowest BCUT2D eigenvalue weighted by Crippen LogP contribution is -2.31. The number of carbonyl (C=O) groups is 1. The van der Waals surface area contributed by atoms with Crippen LogP contribution in [0.1, 0.15) is 20.8 Å². The Morgan fingerprint density at radius 2 is 1.56 bits per heavy atom. The summed E-state index contributed by atoms with van der Waals surface area (Å²) in [7, 11) is 0. The van der Waals surface area contributed by atoms with Crippen LogP contribution < -0.4 is 10.2 Å². The first-order valence-electron chi connectivity index (χ1n) is 11.0. The molecule has 194 valence electrons. The second-order valence-electron chi connectivity index (χ2n) is 7.27. The minimum absolute atomic E-state index is 0.136. The van der Waals surface area contributed by atoms with Gasteiger partial charge in [-0.3, -0.25) is 25.0 Å². The van der Waals surface area contributed by atoms with Gasteiger partial charge in [-0.1, -0.05) is 0 Å². The lowest BCUT2D eigenvalue weighted by Gasteiger charge is -2.25. The molecule has 0 spiro atoms. The maximum atomic E-state index is 14.1. The number of nitrogens with one attached hydrogen (secondary N) is 1. The Morgan fingerprint density at radius 3 is 2.08 bits per heavy atom. The molecule has 0 heterocycles. The van der Waals surface area contributed by atoms with Gasteiger partial charge in [-0.15, -0.1) is 10.2 Å². The molecule has 0 bridgehead atoms. The minimum Gasteiger partial charge on any atom is -0.380 e. The van der Waals surface area contributed by atoms with E-state index in [2.05, 4.69) is 15.5 Å². The van der Waals surface area contributed by atoms with Gasteiger partial charge in [-0.2, -0.15) is 4.39 Å². The van der Waals surface area contributed by atoms with Crippen molar-refractivity contribution in [3.8, 4) is 0 Å². The molecule has 1 N–H and O–H groups in total. The van der Waals surface area contributed by atoms with Crippen LogP contribution in [0.5, 0.6) is 0 Å². The van der Waals surface area contributed by atoms with Crippen LogP contribution in [0, 0.1) is 26.0 Å². The SMILES string of the molecule is CCOCCN(CCOCC)c1ccc(N=Nc2cc(F)c([N+](=O)[O-])cc2[N+](=O)[O-])c(NC(C)=O)c1. The van der Waals surface area contributed by atoms with Crippen molar-refractivity contribution in [2.24, 2.45) is 10.2 Å². The summed E-state index contributed by atoms with van der Waals surface area (Å²) in [6.07, 6.45) is 0. The molecule has 0 aromatic heterocycles. The summed E-state index contributed by atoms with van der Waals surface area (Å²) in [6, 6.07) is 5.94. The predicted octanol–water partition coefficient (Wildman–Crippen LogP) is 4.90. The van der Waals surface area contributed by atoms with Crippen molar-refractivity contribution in [3.05, 3.63) is 56.4 Å². The molecule has 0 fully saturated rings. The van der Waals surface area contributed by atoms with E-state index in [1.807, 2.05) is 18.7 Å². The lowest BCUT2D eigenvalue weighted by atomic mass is 10.2. The zero-order valence-electron chi connectivity index (χ0n) is 20.1. The molecule has 2 aromatic rings. The molecule has 0 radical (unpaired) electrons. The number of hydrogen-bond donors (Lipinski definition) is 1. The van der Waals surface area contributed by atoms with Crippen LogP contribution in [0.2, 0.25) is 0 Å². The highest BCUT2D eigenvalue weighted by Gasteiger charge is 2.25. The first-order valence-corrected chi connectivity index (χ1v) is 11.0. The van der Waals surface area contributed by atoms with Crippen molar-refractivity contribution < 1.29 is 28.5 Å². The van der Waals surface area contributed by atoms with Crippen molar-refractivity contribution in [1.29, 1.82) is 0 Å². The van der Waals surface area contributed by atoms with Gasteiger partial charge < -0.3 is 19.7 Å². The molecule has 0 unspecified atom stereocenters. The van der Waals surface area contributed by atoms with E-state index in [0.29, 0.717) is 51.6 Å². The van der Waals surface area contributed by atoms with Crippen LogP contribution in [-0.4, -0.2) is 55.3 Å².